The number of amides is 1. The van der Waals surface area contributed by atoms with E-state index in [4.69, 9.17) is 0 Å². The molecule has 5 heteroatoms. The van der Waals surface area contributed by atoms with E-state index in [9.17, 15) is 13.6 Å². The number of nitrogens with zero attached hydrogens (tertiary/aromatic N) is 1. The SMILES string of the molecule is CN(Cc1ccccc1)C(=O)Cc1ccc(NCc2c(F)cccc2F)cc1. The highest BCUT2D eigenvalue weighted by Crippen LogP contribution is 2.16. The molecule has 3 aromatic rings. The molecule has 0 aromatic heterocycles. The van der Waals surface area contributed by atoms with Gasteiger partial charge in [-0.1, -0.05) is 48.5 Å². The van der Waals surface area contributed by atoms with Crippen LogP contribution in [0.2, 0.25) is 0 Å². The van der Waals surface area contributed by atoms with Crippen molar-refractivity contribution in [2.45, 2.75) is 19.5 Å². The van der Waals surface area contributed by atoms with Crippen LogP contribution in [0.5, 0.6) is 0 Å². The fourth-order valence-corrected chi connectivity index (χ4v) is 2.89. The van der Waals surface area contributed by atoms with Gasteiger partial charge in [-0.3, -0.25) is 4.79 Å². The molecule has 0 saturated carbocycles. The van der Waals surface area contributed by atoms with Gasteiger partial charge in [0, 0.05) is 31.4 Å². The smallest absolute Gasteiger partial charge is 0.227 e. The Labute approximate surface area is 163 Å². The third kappa shape index (κ3) is 5.16. The first-order valence-electron chi connectivity index (χ1n) is 9.06. The number of hydrogen-bond acceptors (Lipinski definition) is 2. The minimum absolute atomic E-state index is 0.00397. The molecule has 1 amide bonds. The molecule has 0 atom stereocenters. The van der Waals surface area contributed by atoms with Crippen molar-refractivity contribution in [3.05, 3.63) is 101 Å². The molecule has 0 fully saturated rings. The zero-order chi connectivity index (χ0) is 19.9. The van der Waals surface area contributed by atoms with E-state index in [0.29, 0.717) is 13.0 Å². The van der Waals surface area contributed by atoms with Crippen LogP contribution in [0, 0.1) is 11.6 Å². The van der Waals surface area contributed by atoms with Crippen molar-refractivity contribution in [2.75, 3.05) is 12.4 Å². The van der Waals surface area contributed by atoms with E-state index in [2.05, 4.69) is 5.32 Å². The summed E-state index contributed by atoms with van der Waals surface area (Å²) in [6.45, 7) is 0.615. The number of carbonyl (C=O) groups is 1. The molecule has 144 valence electrons. The Kier molecular flexibility index (Phi) is 6.37. The van der Waals surface area contributed by atoms with Crippen molar-refractivity contribution in [1.82, 2.24) is 4.90 Å². The van der Waals surface area contributed by atoms with Crippen LogP contribution in [0.25, 0.3) is 0 Å². The third-order valence-electron chi connectivity index (χ3n) is 4.53. The Bertz CT molecular complexity index is 907. The number of rotatable bonds is 7. The number of benzene rings is 3. The lowest BCUT2D eigenvalue weighted by Gasteiger charge is -2.17. The Hall–Kier alpha value is -3.21. The van der Waals surface area contributed by atoms with Gasteiger partial charge in [0.1, 0.15) is 11.6 Å². The molecule has 0 saturated heterocycles. The van der Waals surface area contributed by atoms with Gasteiger partial charge in [0.15, 0.2) is 0 Å². The predicted octanol–water partition coefficient (Wildman–Crippen LogP) is 4.78. The summed E-state index contributed by atoms with van der Waals surface area (Å²) in [4.78, 5) is 14.1. The highest BCUT2D eigenvalue weighted by molar-refractivity contribution is 5.78. The third-order valence-corrected chi connectivity index (χ3v) is 4.53. The van der Waals surface area contributed by atoms with Crippen LogP contribution in [0.15, 0.2) is 72.8 Å². The molecule has 1 N–H and O–H groups in total. The summed E-state index contributed by atoms with van der Waals surface area (Å²) in [5.41, 5.74) is 2.70. The summed E-state index contributed by atoms with van der Waals surface area (Å²) in [5, 5.41) is 3.00. The zero-order valence-corrected chi connectivity index (χ0v) is 15.7. The molecule has 0 aliphatic carbocycles. The summed E-state index contributed by atoms with van der Waals surface area (Å²) >= 11 is 0. The van der Waals surface area contributed by atoms with Gasteiger partial charge in [0.05, 0.1) is 6.42 Å². The second kappa shape index (κ2) is 9.13. The maximum absolute atomic E-state index is 13.7. The summed E-state index contributed by atoms with van der Waals surface area (Å²) < 4.78 is 27.3. The summed E-state index contributed by atoms with van der Waals surface area (Å²) in [5.74, 6) is -1.12. The van der Waals surface area contributed by atoms with E-state index < -0.39 is 11.6 Å². The van der Waals surface area contributed by atoms with Gasteiger partial charge in [-0.2, -0.15) is 0 Å². The lowest BCUT2D eigenvalue weighted by atomic mass is 10.1. The number of hydrogen-bond donors (Lipinski definition) is 1. The lowest BCUT2D eigenvalue weighted by molar-refractivity contribution is -0.129. The molecule has 0 bridgehead atoms. The van der Waals surface area contributed by atoms with Gasteiger partial charge in [0.25, 0.3) is 0 Å². The van der Waals surface area contributed by atoms with Crippen molar-refractivity contribution < 1.29 is 13.6 Å². The molecule has 28 heavy (non-hydrogen) atoms. The molecule has 0 heterocycles. The van der Waals surface area contributed by atoms with Crippen LogP contribution < -0.4 is 5.32 Å². The van der Waals surface area contributed by atoms with Crippen molar-refractivity contribution in [3.63, 3.8) is 0 Å². The quantitative estimate of drug-likeness (QED) is 0.640. The van der Waals surface area contributed by atoms with Crippen molar-refractivity contribution in [1.29, 1.82) is 0 Å². The van der Waals surface area contributed by atoms with Crippen molar-refractivity contribution in [3.8, 4) is 0 Å². The van der Waals surface area contributed by atoms with Crippen LogP contribution in [0.3, 0.4) is 0 Å². The highest BCUT2D eigenvalue weighted by atomic mass is 19.1. The monoisotopic (exact) mass is 380 g/mol. The van der Waals surface area contributed by atoms with E-state index in [1.165, 1.54) is 18.2 Å². The second-order valence-corrected chi connectivity index (χ2v) is 6.66. The number of nitrogens with one attached hydrogen (secondary N) is 1. The summed E-state index contributed by atoms with van der Waals surface area (Å²) in [6, 6.07) is 20.9. The maximum atomic E-state index is 13.7. The molecular weight excluding hydrogens is 358 g/mol. The first-order chi connectivity index (χ1) is 13.5. The molecule has 0 radical (unpaired) electrons. The summed E-state index contributed by atoms with van der Waals surface area (Å²) in [7, 11) is 1.79. The van der Waals surface area contributed by atoms with Gasteiger partial charge in [-0.25, -0.2) is 8.78 Å². The van der Waals surface area contributed by atoms with E-state index >= 15 is 0 Å². The Morgan fingerprint density at radius 3 is 2.14 bits per heavy atom. The standard InChI is InChI=1S/C23H22F2N2O/c1-27(16-18-6-3-2-4-7-18)23(28)14-17-10-12-19(13-11-17)26-15-20-21(24)8-5-9-22(20)25/h2-13,26H,14-16H2,1H3. The van der Waals surface area contributed by atoms with Crippen LogP contribution in [-0.4, -0.2) is 17.9 Å². The number of carbonyl (C=O) groups excluding carboxylic acids is 1. The summed E-state index contributed by atoms with van der Waals surface area (Å²) in [6.07, 6.45) is 0.297. The Morgan fingerprint density at radius 2 is 1.50 bits per heavy atom. The first kappa shape index (κ1) is 19.5. The number of anilines is 1. The molecule has 0 unspecified atom stereocenters. The predicted molar refractivity (Wildman–Crippen MR) is 107 cm³/mol. The number of halogens is 2. The molecule has 3 rings (SSSR count). The first-order valence-corrected chi connectivity index (χ1v) is 9.06. The van der Waals surface area contributed by atoms with Gasteiger partial charge < -0.3 is 10.2 Å². The zero-order valence-electron chi connectivity index (χ0n) is 15.7. The van der Waals surface area contributed by atoms with Gasteiger partial charge >= 0.3 is 0 Å². The topological polar surface area (TPSA) is 32.3 Å². The van der Waals surface area contributed by atoms with Crippen LogP contribution >= 0.6 is 0 Å². The molecule has 0 aliphatic rings. The lowest BCUT2D eigenvalue weighted by Crippen LogP contribution is -2.27. The van der Waals surface area contributed by atoms with Crippen LogP contribution in [0.1, 0.15) is 16.7 Å². The van der Waals surface area contributed by atoms with E-state index in [-0.39, 0.29) is 18.0 Å². The largest absolute Gasteiger partial charge is 0.381 e. The molecule has 0 spiro atoms. The average molecular weight is 380 g/mol. The van der Waals surface area contributed by atoms with Crippen molar-refractivity contribution in [2.24, 2.45) is 0 Å². The minimum atomic E-state index is -0.573. The average Bonchev–Trinajstić information content (AvgIpc) is 2.69. The molecular formula is C23H22F2N2O. The van der Waals surface area contributed by atoms with E-state index in [0.717, 1.165) is 16.8 Å². The Morgan fingerprint density at radius 1 is 0.857 bits per heavy atom. The molecule has 3 nitrogen and oxygen atoms in total. The fourth-order valence-electron chi connectivity index (χ4n) is 2.89. The van der Waals surface area contributed by atoms with Crippen molar-refractivity contribution >= 4 is 11.6 Å². The highest BCUT2D eigenvalue weighted by Gasteiger charge is 2.11. The normalized spacial score (nSPS) is 10.5. The fraction of sp³-hybridized carbons (Fsp3) is 0.174. The van der Waals surface area contributed by atoms with E-state index in [1.807, 2.05) is 42.5 Å². The number of likely N-dealkylation sites (N-methyl/N-ethyl adjacent to an activating group) is 1. The molecule has 3 aromatic carbocycles. The van der Waals surface area contributed by atoms with Gasteiger partial charge in [-0.05, 0) is 35.4 Å². The van der Waals surface area contributed by atoms with Gasteiger partial charge in [-0.15, -0.1) is 0 Å². The molecule has 0 aliphatic heterocycles. The van der Waals surface area contributed by atoms with Crippen LogP contribution in [-0.2, 0) is 24.3 Å². The maximum Gasteiger partial charge on any atom is 0.227 e. The second-order valence-electron chi connectivity index (χ2n) is 6.66. The van der Waals surface area contributed by atoms with E-state index in [1.54, 1.807) is 24.1 Å². The minimum Gasteiger partial charge on any atom is -0.381 e. The van der Waals surface area contributed by atoms with Crippen LogP contribution in [0.4, 0.5) is 14.5 Å². The Balaban J connectivity index is 1.54. The van der Waals surface area contributed by atoms with Gasteiger partial charge in [0.2, 0.25) is 5.91 Å².